The molecule has 3 aromatic rings. The van der Waals surface area contributed by atoms with Crippen molar-refractivity contribution in [1.29, 1.82) is 0 Å². The fourth-order valence-electron chi connectivity index (χ4n) is 2.71. The first-order chi connectivity index (χ1) is 14.4. The Balaban J connectivity index is 1.83. The molecule has 3 aromatic carbocycles. The normalized spacial score (nSPS) is 12.2. The minimum atomic E-state index is -1.51. The summed E-state index contributed by atoms with van der Waals surface area (Å²) in [5.41, 5.74) is 2.95. The monoisotopic (exact) mass is 426 g/mol. The summed E-state index contributed by atoms with van der Waals surface area (Å²) in [5, 5.41) is 0. The Kier molecular flexibility index (Phi) is 6.65. The van der Waals surface area contributed by atoms with Gasteiger partial charge in [0, 0.05) is 30.7 Å². The predicted octanol–water partition coefficient (Wildman–Crippen LogP) is 5.21. The summed E-state index contributed by atoms with van der Waals surface area (Å²) in [4.78, 5) is 1.93. The second-order valence-corrected chi connectivity index (χ2v) is 9.31. The van der Waals surface area contributed by atoms with Crippen LogP contribution in [0.1, 0.15) is 22.3 Å². The molecule has 30 heavy (non-hydrogen) atoms. The van der Waals surface area contributed by atoms with Gasteiger partial charge in [-0.15, -0.1) is 12.8 Å². The minimum absolute atomic E-state index is 0.449. The molecule has 2 unspecified atom stereocenters. The highest BCUT2D eigenvalue weighted by Crippen LogP contribution is 2.27. The molecule has 2 atom stereocenters. The van der Waals surface area contributed by atoms with Crippen LogP contribution in [0.3, 0.4) is 0 Å². The fourth-order valence-corrected chi connectivity index (χ4v) is 4.92. The molecular weight excluding hydrogens is 408 g/mol. The predicted molar refractivity (Wildman–Crippen MR) is 126 cm³/mol. The fraction of sp³-hybridized carbons (Fsp3) is 0. The summed E-state index contributed by atoms with van der Waals surface area (Å²) >= 11 is 0. The van der Waals surface area contributed by atoms with Crippen LogP contribution in [-0.4, -0.2) is 8.42 Å². The summed E-state index contributed by atoms with van der Waals surface area (Å²) in [6.07, 6.45) is 10.8. The van der Waals surface area contributed by atoms with E-state index in [0.717, 1.165) is 22.3 Å². The SMILES string of the molecule is C#Cc1ccc(C(=C)S(=O)c2cccc(S(=O)C(=C)c3ccc(C#C)cc3)c2)cc1. The minimum Gasteiger partial charge on any atom is -0.249 e. The third-order valence-corrected chi connectivity index (χ3v) is 7.16. The second kappa shape index (κ2) is 9.37. The van der Waals surface area contributed by atoms with Gasteiger partial charge < -0.3 is 0 Å². The molecule has 0 fully saturated rings. The molecule has 0 radical (unpaired) electrons. The van der Waals surface area contributed by atoms with Gasteiger partial charge in [-0.2, -0.15) is 0 Å². The maximum absolute atomic E-state index is 13.0. The van der Waals surface area contributed by atoms with Gasteiger partial charge in [0.05, 0.1) is 21.6 Å². The van der Waals surface area contributed by atoms with Gasteiger partial charge in [-0.1, -0.05) is 55.3 Å². The molecule has 0 aliphatic heterocycles. The summed E-state index contributed by atoms with van der Waals surface area (Å²) in [6.45, 7) is 7.94. The Bertz CT molecular complexity index is 1160. The Morgan fingerprint density at radius 1 is 0.667 bits per heavy atom. The van der Waals surface area contributed by atoms with Gasteiger partial charge in [0.25, 0.3) is 0 Å². The molecule has 0 N–H and O–H groups in total. The molecule has 146 valence electrons. The number of hydrogen-bond acceptors (Lipinski definition) is 2. The van der Waals surface area contributed by atoms with E-state index < -0.39 is 21.6 Å². The van der Waals surface area contributed by atoms with Gasteiger partial charge in [-0.05, 0) is 53.6 Å². The highest BCUT2D eigenvalue weighted by molar-refractivity contribution is 7.95. The molecule has 0 aromatic heterocycles. The van der Waals surface area contributed by atoms with Crippen molar-refractivity contribution in [2.24, 2.45) is 0 Å². The number of rotatable bonds is 6. The molecule has 2 nitrogen and oxygen atoms in total. The van der Waals surface area contributed by atoms with Crippen molar-refractivity contribution in [3.63, 3.8) is 0 Å². The van der Waals surface area contributed by atoms with E-state index in [1.54, 1.807) is 72.8 Å². The topological polar surface area (TPSA) is 34.1 Å². The third-order valence-electron chi connectivity index (χ3n) is 4.43. The van der Waals surface area contributed by atoms with E-state index in [1.165, 1.54) is 0 Å². The lowest BCUT2D eigenvalue weighted by Crippen LogP contribution is -1.99. The van der Waals surface area contributed by atoms with Crippen molar-refractivity contribution in [2.75, 3.05) is 0 Å². The molecule has 0 saturated heterocycles. The van der Waals surface area contributed by atoms with Gasteiger partial charge in [0.15, 0.2) is 0 Å². The van der Waals surface area contributed by atoms with Gasteiger partial charge in [-0.3, -0.25) is 0 Å². The van der Waals surface area contributed by atoms with E-state index in [1.807, 2.05) is 0 Å². The third kappa shape index (κ3) is 4.58. The zero-order chi connectivity index (χ0) is 21.7. The van der Waals surface area contributed by atoms with Crippen LogP contribution in [0.5, 0.6) is 0 Å². The first kappa shape index (κ1) is 21.3. The van der Waals surface area contributed by atoms with Crippen molar-refractivity contribution >= 4 is 31.4 Å². The van der Waals surface area contributed by atoms with Crippen LogP contribution in [-0.2, 0) is 21.6 Å². The molecule has 0 bridgehead atoms. The van der Waals surface area contributed by atoms with Crippen LogP contribution in [0.4, 0.5) is 0 Å². The largest absolute Gasteiger partial charge is 0.249 e. The van der Waals surface area contributed by atoms with E-state index >= 15 is 0 Å². The molecule has 0 aliphatic carbocycles. The molecule has 0 aliphatic rings. The molecule has 3 rings (SSSR count). The zero-order valence-corrected chi connectivity index (χ0v) is 17.8. The van der Waals surface area contributed by atoms with Crippen LogP contribution in [0.2, 0.25) is 0 Å². The quantitative estimate of drug-likeness (QED) is 0.507. The molecule has 0 amide bonds. The summed E-state index contributed by atoms with van der Waals surface area (Å²) in [5.74, 6) is 5.09. The highest BCUT2D eigenvalue weighted by Gasteiger charge is 2.15. The van der Waals surface area contributed by atoms with E-state index in [-0.39, 0.29) is 0 Å². The van der Waals surface area contributed by atoms with Crippen LogP contribution in [0.25, 0.3) is 9.81 Å². The molecular formula is C26H18O2S2. The average Bonchev–Trinajstić information content (AvgIpc) is 2.82. The Hall–Kier alpha value is -3.44. The maximum atomic E-state index is 13.0. The van der Waals surface area contributed by atoms with E-state index in [9.17, 15) is 8.42 Å². The van der Waals surface area contributed by atoms with E-state index in [0.29, 0.717) is 19.6 Å². The van der Waals surface area contributed by atoms with E-state index in [4.69, 9.17) is 12.8 Å². The van der Waals surface area contributed by atoms with Gasteiger partial charge in [0.1, 0.15) is 0 Å². The van der Waals surface area contributed by atoms with Gasteiger partial charge in [0.2, 0.25) is 0 Å². The van der Waals surface area contributed by atoms with Crippen LogP contribution in [0, 0.1) is 24.7 Å². The smallest absolute Gasteiger partial charge is 0.0850 e. The van der Waals surface area contributed by atoms with Crippen molar-refractivity contribution in [1.82, 2.24) is 0 Å². The highest BCUT2D eigenvalue weighted by atomic mass is 32.2. The summed E-state index contributed by atoms with van der Waals surface area (Å²) in [7, 11) is -3.02. The number of terminal acetylenes is 2. The molecule has 0 saturated carbocycles. The van der Waals surface area contributed by atoms with E-state index in [2.05, 4.69) is 25.0 Å². The number of hydrogen-bond donors (Lipinski definition) is 0. The van der Waals surface area contributed by atoms with Crippen molar-refractivity contribution in [2.45, 2.75) is 9.79 Å². The Morgan fingerprint density at radius 2 is 1.03 bits per heavy atom. The summed E-state index contributed by atoms with van der Waals surface area (Å²) in [6, 6.07) is 21.1. The lowest BCUT2D eigenvalue weighted by molar-refractivity contribution is 0.687. The molecule has 4 heteroatoms. The van der Waals surface area contributed by atoms with Crippen LogP contribution in [0.15, 0.2) is 95.7 Å². The lowest BCUT2D eigenvalue weighted by atomic mass is 10.1. The summed E-state index contributed by atoms with van der Waals surface area (Å²) < 4.78 is 26.0. The van der Waals surface area contributed by atoms with Crippen molar-refractivity contribution in [3.05, 3.63) is 108 Å². The first-order valence-corrected chi connectivity index (χ1v) is 11.2. The first-order valence-electron chi connectivity index (χ1n) is 8.90. The Morgan fingerprint density at radius 3 is 1.37 bits per heavy atom. The van der Waals surface area contributed by atoms with Crippen LogP contribution >= 0.6 is 0 Å². The number of benzene rings is 3. The standard InChI is InChI=1S/C26H18O2S2/c1-5-21-10-14-23(15-11-21)19(3)29(27)25-8-7-9-26(18-25)30(28)20(4)24-16-12-22(6-2)13-17-24/h1-2,7-18H,3-4H2. The van der Waals surface area contributed by atoms with Crippen molar-refractivity contribution in [3.8, 4) is 24.7 Å². The van der Waals surface area contributed by atoms with Crippen LogP contribution < -0.4 is 0 Å². The second-order valence-electron chi connectivity index (χ2n) is 6.30. The average molecular weight is 427 g/mol. The van der Waals surface area contributed by atoms with Crippen molar-refractivity contribution < 1.29 is 8.42 Å². The maximum Gasteiger partial charge on any atom is 0.0850 e. The Labute approximate surface area is 182 Å². The zero-order valence-electron chi connectivity index (χ0n) is 16.1. The molecule has 0 heterocycles. The lowest BCUT2D eigenvalue weighted by Gasteiger charge is -2.10. The van der Waals surface area contributed by atoms with Gasteiger partial charge >= 0.3 is 0 Å². The van der Waals surface area contributed by atoms with Gasteiger partial charge in [-0.25, -0.2) is 8.42 Å². The molecule has 0 spiro atoms.